The molecule has 0 aromatic rings. The highest BCUT2D eigenvalue weighted by Gasteiger charge is 2.82. The molecule has 0 saturated carbocycles. The average molecular weight is 473 g/mol. The molecule has 0 atom stereocenters. The van der Waals surface area contributed by atoms with Crippen LogP contribution in [-0.4, -0.2) is 43.5 Å². The van der Waals surface area contributed by atoms with E-state index in [0.29, 0.717) is 0 Å². The van der Waals surface area contributed by atoms with Crippen LogP contribution in [0.25, 0.3) is 0 Å². The fourth-order valence-electron chi connectivity index (χ4n) is 1.51. The lowest BCUT2D eigenvalue weighted by molar-refractivity contribution is -0.245. The van der Waals surface area contributed by atoms with Gasteiger partial charge in [0.1, 0.15) is 0 Å². The molecule has 0 aliphatic rings. The molecule has 0 heterocycles. The van der Waals surface area contributed by atoms with Crippen molar-refractivity contribution in [1.29, 1.82) is 0 Å². The van der Waals surface area contributed by atoms with Crippen LogP contribution in [0.2, 0.25) is 0 Å². The van der Waals surface area contributed by atoms with Gasteiger partial charge in [0.15, 0.2) is 0 Å². The number of nitrogens with zero attached hydrogens (tertiary/aromatic N) is 1. The second kappa shape index (κ2) is 8.76. The maximum absolute atomic E-state index is 13.8. The highest BCUT2D eigenvalue weighted by molar-refractivity contribution is 7.91. The zero-order chi connectivity index (χ0) is 23.6. The van der Waals surface area contributed by atoms with Crippen LogP contribution in [0.5, 0.6) is 0 Å². The van der Waals surface area contributed by atoms with Gasteiger partial charge in [-0.2, -0.15) is 47.6 Å². The second-order valence-corrected chi connectivity index (χ2v) is 9.76. The van der Waals surface area contributed by atoms with Crippen LogP contribution in [0.1, 0.15) is 34.6 Å². The highest BCUT2D eigenvalue weighted by atomic mass is 32.2. The van der Waals surface area contributed by atoms with Crippen LogP contribution in [0.4, 0.5) is 26.3 Å². The third-order valence-electron chi connectivity index (χ3n) is 3.73. The summed E-state index contributed by atoms with van der Waals surface area (Å²) in [5, 5.41) is -13.5. The Hall–Kier alpha value is -1.41. The normalized spacial score (nSPS) is 16.3. The minimum Gasteiger partial charge on any atom is -0.281 e. The molecular formula is C15H21F6NO5S2. The number of hydrogen-bond donors (Lipinski definition) is 1. The van der Waals surface area contributed by atoms with E-state index >= 15 is 0 Å². The summed E-state index contributed by atoms with van der Waals surface area (Å²) in [4.78, 5) is 0. The summed E-state index contributed by atoms with van der Waals surface area (Å²) in [6, 6.07) is 0. The van der Waals surface area contributed by atoms with E-state index in [4.69, 9.17) is 4.55 Å². The monoisotopic (exact) mass is 473 g/mol. The van der Waals surface area contributed by atoms with Crippen molar-refractivity contribution in [3.05, 3.63) is 23.8 Å². The average Bonchev–Trinajstić information content (AvgIpc) is 2.51. The van der Waals surface area contributed by atoms with Gasteiger partial charge >= 0.3 is 36.6 Å². The van der Waals surface area contributed by atoms with Crippen LogP contribution >= 0.6 is 0 Å². The maximum Gasteiger partial charge on any atom is 0.439 e. The Kier molecular flexibility index (Phi) is 8.33. The van der Waals surface area contributed by atoms with Gasteiger partial charge in [0.05, 0.1) is 5.71 Å². The number of allylic oxidation sites excluding steroid dienone is 4. The van der Waals surface area contributed by atoms with Gasteiger partial charge in [-0.25, -0.2) is 0 Å². The van der Waals surface area contributed by atoms with Crippen molar-refractivity contribution in [3.8, 4) is 0 Å². The summed E-state index contributed by atoms with van der Waals surface area (Å²) in [5.74, 6) is -7.86. The van der Waals surface area contributed by atoms with E-state index < -0.39 is 48.2 Å². The minimum atomic E-state index is -7.08. The summed E-state index contributed by atoms with van der Waals surface area (Å²) >= 11 is 0. The summed E-state index contributed by atoms with van der Waals surface area (Å²) in [5.41, 5.74) is 0.111. The topological polar surface area (TPSA) is 101 Å². The van der Waals surface area contributed by atoms with Gasteiger partial charge < -0.3 is 0 Å². The van der Waals surface area contributed by atoms with Gasteiger partial charge in [-0.3, -0.25) is 4.55 Å². The van der Waals surface area contributed by atoms with Gasteiger partial charge in [-0.15, -0.1) is 0 Å². The molecule has 0 unspecified atom stereocenters. The lowest BCUT2D eigenvalue weighted by atomic mass is 10.0. The molecule has 0 aliphatic heterocycles. The molecule has 0 saturated heterocycles. The lowest BCUT2D eigenvalue weighted by Gasteiger charge is -2.29. The molecule has 14 heteroatoms. The van der Waals surface area contributed by atoms with Gasteiger partial charge in [-0.05, 0) is 24.8 Å². The minimum absolute atomic E-state index is 0.0773. The third-order valence-corrected chi connectivity index (χ3v) is 5.99. The smallest absolute Gasteiger partial charge is 0.281 e. The van der Waals surface area contributed by atoms with E-state index in [1.807, 2.05) is 13.8 Å². The first kappa shape index (κ1) is 27.6. The van der Waals surface area contributed by atoms with Crippen LogP contribution in [0.3, 0.4) is 0 Å². The third kappa shape index (κ3) is 5.60. The molecule has 0 bridgehead atoms. The van der Waals surface area contributed by atoms with Crippen LogP contribution < -0.4 is 0 Å². The highest BCUT2D eigenvalue weighted by Crippen LogP contribution is 2.51. The summed E-state index contributed by atoms with van der Waals surface area (Å²) < 4.78 is 136. The molecule has 0 aromatic carbocycles. The quantitative estimate of drug-likeness (QED) is 0.233. The van der Waals surface area contributed by atoms with Gasteiger partial charge in [0.2, 0.25) is 0 Å². The summed E-state index contributed by atoms with van der Waals surface area (Å²) in [6.07, 6.45) is 3.57. The first-order chi connectivity index (χ1) is 12.6. The first-order valence-electron chi connectivity index (χ1n) is 7.93. The molecule has 1 N–H and O–H groups in total. The second-order valence-electron chi connectivity index (χ2n) is 6.65. The van der Waals surface area contributed by atoms with E-state index in [1.165, 1.54) is 26.0 Å². The molecule has 0 amide bonds. The van der Waals surface area contributed by atoms with E-state index in [2.05, 4.69) is 4.40 Å². The number of alkyl halides is 6. The van der Waals surface area contributed by atoms with Crippen molar-refractivity contribution >= 4 is 25.9 Å². The van der Waals surface area contributed by atoms with Gasteiger partial charge in [0.25, 0.3) is 0 Å². The predicted molar refractivity (Wildman–Crippen MR) is 95.3 cm³/mol. The maximum atomic E-state index is 13.8. The van der Waals surface area contributed by atoms with Crippen molar-refractivity contribution < 1.29 is 47.7 Å². The SMILES string of the molecule is C\C(=C/C=C\C(=N\S(=O)(=O)C(F)(F)C(F)(F)C(F)(F)S(=O)(=O)O)C(C)C)C(C)C. The molecule has 0 rings (SSSR count). The molecule has 170 valence electrons. The zero-order valence-electron chi connectivity index (χ0n) is 16.0. The van der Waals surface area contributed by atoms with E-state index in [-0.39, 0.29) is 5.92 Å². The van der Waals surface area contributed by atoms with E-state index in [1.54, 1.807) is 6.92 Å². The molecule has 0 aliphatic carbocycles. The molecule has 0 spiro atoms. The van der Waals surface area contributed by atoms with Crippen LogP contribution in [0, 0.1) is 11.8 Å². The van der Waals surface area contributed by atoms with Gasteiger partial charge in [-0.1, -0.05) is 45.4 Å². The van der Waals surface area contributed by atoms with Gasteiger partial charge in [0, 0.05) is 0 Å². The Morgan fingerprint density at radius 1 is 0.897 bits per heavy atom. The van der Waals surface area contributed by atoms with Crippen molar-refractivity contribution in [2.75, 3.05) is 0 Å². The Labute approximate surface area is 165 Å². The number of halogens is 6. The molecule has 29 heavy (non-hydrogen) atoms. The van der Waals surface area contributed by atoms with Crippen molar-refractivity contribution in [3.63, 3.8) is 0 Å². The Morgan fingerprint density at radius 2 is 1.34 bits per heavy atom. The molecular weight excluding hydrogens is 452 g/mol. The molecule has 0 fully saturated rings. The summed E-state index contributed by atoms with van der Waals surface area (Å²) in [6.45, 7) is 7.87. The van der Waals surface area contributed by atoms with Crippen LogP contribution in [-0.2, 0) is 20.1 Å². The lowest BCUT2D eigenvalue weighted by Crippen LogP contribution is -2.60. The standard InChI is InChI=1S/C15H21F6NO5S2/c1-9(2)11(5)7-6-8-12(10(3)4)22-28(23,24)14(18,19)13(16,17)15(20,21)29(25,26)27/h6-10H,1-5H3,(H,25,26,27)/b8-6-,11-7+,22-12-. The number of sulfonamides is 1. The van der Waals surface area contributed by atoms with Crippen molar-refractivity contribution in [1.82, 2.24) is 0 Å². The Balaban J connectivity index is 6.43. The Morgan fingerprint density at radius 3 is 1.69 bits per heavy atom. The van der Waals surface area contributed by atoms with E-state index in [9.17, 15) is 43.2 Å². The van der Waals surface area contributed by atoms with E-state index in [0.717, 1.165) is 11.6 Å². The fraction of sp³-hybridized carbons (Fsp3) is 0.667. The van der Waals surface area contributed by atoms with Crippen molar-refractivity contribution in [2.24, 2.45) is 16.2 Å². The summed E-state index contributed by atoms with van der Waals surface area (Å²) in [7, 11) is -13.8. The predicted octanol–water partition coefficient (Wildman–Crippen LogP) is 4.28. The van der Waals surface area contributed by atoms with Crippen molar-refractivity contribution in [2.45, 2.75) is 51.1 Å². The number of hydrogen-bond acceptors (Lipinski definition) is 4. The number of rotatable bonds is 9. The largest absolute Gasteiger partial charge is 0.439 e. The Bertz CT molecular complexity index is 903. The zero-order valence-corrected chi connectivity index (χ0v) is 17.6. The van der Waals surface area contributed by atoms with Crippen LogP contribution in [0.15, 0.2) is 28.2 Å². The molecule has 0 radical (unpaired) electrons. The first-order valence-corrected chi connectivity index (χ1v) is 10.8. The fourth-order valence-corrected chi connectivity index (χ4v) is 3.14. The molecule has 0 aromatic heterocycles. The molecule has 6 nitrogen and oxygen atoms in total.